The Morgan fingerprint density at radius 3 is 2.44 bits per heavy atom. The van der Waals surface area contributed by atoms with Crippen molar-refractivity contribution < 1.29 is 19.1 Å². The summed E-state index contributed by atoms with van der Waals surface area (Å²) in [6.07, 6.45) is 1.41. The van der Waals surface area contributed by atoms with Gasteiger partial charge in [-0.05, 0) is 68.3 Å². The van der Waals surface area contributed by atoms with E-state index >= 15 is 0 Å². The minimum atomic E-state index is -0.554. The van der Waals surface area contributed by atoms with Crippen molar-refractivity contribution in [3.05, 3.63) is 87.9 Å². The van der Waals surface area contributed by atoms with E-state index in [0.717, 1.165) is 11.1 Å². The highest BCUT2D eigenvalue weighted by molar-refractivity contribution is 6.32. The lowest BCUT2D eigenvalue weighted by Gasteiger charge is -2.15. The van der Waals surface area contributed by atoms with E-state index in [4.69, 9.17) is 21.1 Å². The van der Waals surface area contributed by atoms with Gasteiger partial charge in [0.15, 0.2) is 18.1 Å². The number of ether oxygens (including phenoxy) is 2. The lowest BCUT2D eigenvalue weighted by atomic mass is 10.1. The number of rotatable bonds is 9. The van der Waals surface area contributed by atoms with Crippen LogP contribution in [0.1, 0.15) is 23.6 Å². The van der Waals surface area contributed by atoms with E-state index in [0.29, 0.717) is 23.5 Å². The predicted octanol–water partition coefficient (Wildman–Crippen LogP) is 5.92. The molecule has 0 aliphatic rings. The molecular weight excluding hydrogens is 478 g/mol. The van der Waals surface area contributed by atoms with Crippen LogP contribution in [0.3, 0.4) is 0 Å². The SMILES string of the molecule is CCOc1cc(/C=C(\C#N)C(=O)Nc2ccccc2)cc(Cl)c1OCC(=O)Nc1ccc(C)cc1C. The van der Waals surface area contributed by atoms with Gasteiger partial charge in [-0.3, -0.25) is 9.59 Å². The molecule has 36 heavy (non-hydrogen) atoms. The van der Waals surface area contributed by atoms with Crippen LogP contribution in [0, 0.1) is 25.2 Å². The fourth-order valence-corrected chi connectivity index (χ4v) is 3.66. The van der Waals surface area contributed by atoms with Crippen molar-refractivity contribution in [2.24, 2.45) is 0 Å². The molecule has 0 radical (unpaired) electrons. The third kappa shape index (κ3) is 7.11. The zero-order chi connectivity index (χ0) is 26.1. The zero-order valence-electron chi connectivity index (χ0n) is 20.2. The molecule has 2 N–H and O–H groups in total. The van der Waals surface area contributed by atoms with Crippen LogP contribution in [0.5, 0.6) is 11.5 Å². The van der Waals surface area contributed by atoms with Gasteiger partial charge >= 0.3 is 0 Å². The summed E-state index contributed by atoms with van der Waals surface area (Å²) in [6, 6.07) is 19.6. The molecule has 8 heteroatoms. The molecule has 2 amide bonds. The average molecular weight is 504 g/mol. The Hall–Kier alpha value is -4.28. The molecule has 3 aromatic rings. The zero-order valence-corrected chi connectivity index (χ0v) is 21.0. The van der Waals surface area contributed by atoms with Gasteiger partial charge in [-0.15, -0.1) is 0 Å². The standard InChI is InChI=1S/C28H26ClN3O4/c1-4-35-25-15-20(13-21(16-30)28(34)31-22-8-6-5-7-9-22)14-23(29)27(25)36-17-26(33)32-24-11-10-18(2)12-19(24)3/h5-15H,4,17H2,1-3H3,(H,31,34)(H,32,33)/b21-13+. The largest absolute Gasteiger partial charge is 0.490 e. The first-order chi connectivity index (χ1) is 17.3. The number of hydrogen-bond acceptors (Lipinski definition) is 5. The smallest absolute Gasteiger partial charge is 0.266 e. The van der Waals surface area contributed by atoms with E-state index in [1.54, 1.807) is 37.3 Å². The molecule has 0 saturated carbocycles. The third-order valence-electron chi connectivity index (χ3n) is 5.04. The van der Waals surface area contributed by atoms with E-state index in [9.17, 15) is 14.9 Å². The molecule has 3 rings (SSSR count). The summed E-state index contributed by atoms with van der Waals surface area (Å²) in [5, 5.41) is 15.2. The fraction of sp³-hybridized carbons (Fsp3) is 0.179. The summed E-state index contributed by atoms with van der Waals surface area (Å²) in [5.41, 5.74) is 3.66. The van der Waals surface area contributed by atoms with Crippen molar-refractivity contribution in [2.45, 2.75) is 20.8 Å². The lowest BCUT2D eigenvalue weighted by molar-refractivity contribution is -0.118. The fourth-order valence-electron chi connectivity index (χ4n) is 3.39. The van der Waals surface area contributed by atoms with Crippen LogP contribution in [0.2, 0.25) is 5.02 Å². The summed E-state index contributed by atoms with van der Waals surface area (Å²) in [6.45, 7) is 5.71. The molecule has 0 unspecified atom stereocenters. The second-order valence-corrected chi connectivity index (χ2v) is 8.32. The Balaban J connectivity index is 1.77. The van der Waals surface area contributed by atoms with Crippen LogP contribution < -0.4 is 20.1 Å². The van der Waals surface area contributed by atoms with Gasteiger partial charge in [0.2, 0.25) is 0 Å². The van der Waals surface area contributed by atoms with Crippen molar-refractivity contribution >= 4 is 40.9 Å². The van der Waals surface area contributed by atoms with Crippen LogP contribution in [0.25, 0.3) is 6.08 Å². The highest BCUT2D eigenvalue weighted by atomic mass is 35.5. The number of nitriles is 1. The minimum Gasteiger partial charge on any atom is -0.490 e. The summed E-state index contributed by atoms with van der Waals surface area (Å²) in [7, 11) is 0. The Bertz CT molecular complexity index is 1330. The Morgan fingerprint density at radius 1 is 1.03 bits per heavy atom. The summed E-state index contributed by atoms with van der Waals surface area (Å²) < 4.78 is 11.4. The topological polar surface area (TPSA) is 100 Å². The number of benzene rings is 3. The maximum absolute atomic E-state index is 12.5. The number of para-hydroxylation sites is 1. The molecule has 0 saturated heterocycles. The van der Waals surface area contributed by atoms with Crippen LogP contribution in [-0.4, -0.2) is 25.0 Å². The molecule has 184 valence electrons. The first-order valence-electron chi connectivity index (χ1n) is 11.2. The monoisotopic (exact) mass is 503 g/mol. The van der Waals surface area contributed by atoms with Crippen LogP contribution >= 0.6 is 11.6 Å². The molecule has 0 aliphatic carbocycles. The van der Waals surface area contributed by atoms with E-state index in [-0.39, 0.29) is 34.6 Å². The maximum atomic E-state index is 12.5. The van der Waals surface area contributed by atoms with E-state index < -0.39 is 5.91 Å². The second kappa shape index (κ2) is 12.4. The number of nitrogens with zero attached hydrogens (tertiary/aromatic N) is 1. The second-order valence-electron chi connectivity index (χ2n) is 7.91. The van der Waals surface area contributed by atoms with E-state index in [1.807, 2.05) is 44.2 Å². The molecule has 0 fully saturated rings. The van der Waals surface area contributed by atoms with E-state index in [2.05, 4.69) is 10.6 Å². The predicted molar refractivity (Wildman–Crippen MR) is 141 cm³/mol. The van der Waals surface area contributed by atoms with Gasteiger partial charge in [0.25, 0.3) is 11.8 Å². The van der Waals surface area contributed by atoms with Gasteiger partial charge in [0.05, 0.1) is 11.6 Å². The normalized spacial score (nSPS) is 10.8. The van der Waals surface area contributed by atoms with Gasteiger partial charge in [-0.25, -0.2) is 0 Å². The number of hydrogen-bond donors (Lipinski definition) is 2. The number of nitrogens with one attached hydrogen (secondary N) is 2. The highest BCUT2D eigenvalue weighted by Gasteiger charge is 2.16. The van der Waals surface area contributed by atoms with Crippen molar-refractivity contribution in [3.8, 4) is 17.6 Å². The van der Waals surface area contributed by atoms with Crippen molar-refractivity contribution in [1.29, 1.82) is 5.26 Å². The lowest BCUT2D eigenvalue weighted by Crippen LogP contribution is -2.21. The van der Waals surface area contributed by atoms with Gasteiger partial charge < -0.3 is 20.1 Å². The van der Waals surface area contributed by atoms with Crippen molar-refractivity contribution in [2.75, 3.05) is 23.8 Å². The number of carbonyl (C=O) groups excluding carboxylic acids is 2. The number of amides is 2. The summed E-state index contributed by atoms with van der Waals surface area (Å²) in [5.74, 6) is -0.426. The summed E-state index contributed by atoms with van der Waals surface area (Å²) in [4.78, 5) is 25.0. The highest BCUT2D eigenvalue weighted by Crippen LogP contribution is 2.37. The average Bonchev–Trinajstić information content (AvgIpc) is 2.84. The molecule has 0 aromatic heterocycles. The molecule has 7 nitrogen and oxygen atoms in total. The molecule has 0 bridgehead atoms. The minimum absolute atomic E-state index is 0.112. The number of aryl methyl sites for hydroxylation is 2. The van der Waals surface area contributed by atoms with Crippen molar-refractivity contribution in [1.82, 2.24) is 0 Å². The van der Waals surface area contributed by atoms with Crippen molar-refractivity contribution in [3.63, 3.8) is 0 Å². The van der Waals surface area contributed by atoms with Crippen LogP contribution in [0.4, 0.5) is 11.4 Å². The number of halogens is 1. The Labute approximate surface area is 215 Å². The number of anilines is 2. The molecule has 0 spiro atoms. The van der Waals surface area contributed by atoms with E-state index in [1.165, 1.54) is 12.1 Å². The Kier molecular flexibility index (Phi) is 9.09. The van der Waals surface area contributed by atoms with Gasteiger partial charge in [-0.2, -0.15) is 5.26 Å². The first-order valence-corrected chi connectivity index (χ1v) is 11.6. The first kappa shape index (κ1) is 26.3. The quantitative estimate of drug-likeness (QED) is 0.279. The van der Waals surface area contributed by atoms with Crippen LogP contribution in [0.15, 0.2) is 66.2 Å². The van der Waals surface area contributed by atoms with Gasteiger partial charge in [0, 0.05) is 11.4 Å². The number of carbonyl (C=O) groups is 2. The maximum Gasteiger partial charge on any atom is 0.266 e. The molecule has 0 aliphatic heterocycles. The molecule has 0 atom stereocenters. The third-order valence-corrected chi connectivity index (χ3v) is 5.32. The van der Waals surface area contributed by atoms with Gasteiger partial charge in [-0.1, -0.05) is 47.5 Å². The summed E-state index contributed by atoms with van der Waals surface area (Å²) >= 11 is 6.44. The van der Waals surface area contributed by atoms with Crippen LogP contribution in [-0.2, 0) is 9.59 Å². The molecular formula is C28H26ClN3O4. The molecule has 3 aromatic carbocycles. The Morgan fingerprint density at radius 2 is 1.78 bits per heavy atom. The molecule has 0 heterocycles. The van der Waals surface area contributed by atoms with Gasteiger partial charge in [0.1, 0.15) is 11.6 Å².